The van der Waals surface area contributed by atoms with Crippen LogP contribution in [0.25, 0.3) is 6.08 Å². The number of carbonyl (C=O) groups excluding carboxylic acids is 2. The topological polar surface area (TPSA) is 59.5 Å². The summed E-state index contributed by atoms with van der Waals surface area (Å²) < 4.78 is 5.86. The first-order valence-electron chi connectivity index (χ1n) is 9.30. The summed E-state index contributed by atoms with van der Waals surface area (Å²) in [7, 11) is 0. The van der Waals surface area contributed by atoms with Crippen LogP contribution in [0, 0.1) is 0 Å². The molecule has 0 N–H and O–H groups in total. The number of hydrogen-bond acceptors (Lipinski definition) is 5. The van der Waals surface area contributed by atoms with Gasteiger partial charge in [-0.1, -0.05) is 42.5 Å². The molecule has 0 unspecified atom stereocenters. The van der Waals surface area contributed by atoms with Crippen LogP contribution in [-0.2, 0) is 11.4 Å². The molecule has 0 bridgehead atoms. The SMILES string of the molecule is CCN(C(C)=O)c1nc(/C=C/C(=O)c2ccccc2OCc2ccccc2)cs1. The van der Waals surface area contributed by atoms with Crippen molar-refractivity contribution in [2.75, 3.05) is 11.4 Å². The number of thiazole rings is 1. The molecule has 0 atom stereocenters. The summed E-state index contributed by atoms with van der Waals surface area (Å²) in [5, 5.41) is 2.45. The van der Waals surface area contributed by atoms with Crippen LogP contribution in [0.5, 0.6) is 5.75 Å². The van der Waals surface area contributed by atoms with Crippen LogP contribution in [-0.4, -0.2) is 23.2 Å². The van der Waals surface area contributed by atoms with Crippen LogP contribution in [0.1, 0.15) is 35.5 Å². The van der Waals surface area contributed by atoms with Gasteiger partial charge in [-0.25, -0.2) is 4.98 Å². The third-order valence-electron chi connectivity index (χ3n) is 4.23. The van der Waals surface area contributed by atoms with E-state index in [9.17, 15) is 9.59 Å². The van der Waals surface area contributed by atoms with Crippen molar-refractivity contribution in [3.63, 3.8) is 0 Å². The first kappa shape index (κ1) is 20.5. The Bertz CT molecular complexity index is 1010. The van der Waals surface area contributed by atoms with Crippen molar-refractivity contribution < 1.29 is 14.3 Å². The first-order valence-corrected chi connectivity index (χ1v) is 10.2. The van der Waals surface area contributed by atoms with Crippen molar-refractivity contribution >= 4 is 34.2 Å². The molecule has 0 fully saturated rings. The molecule has 2 aromatic carbocycles. The van der Waals surface area contributed by atoms with Crippen LogP contribution in [0.15, 0.2) is 66.1 Å². The quantitative estimate of drug-likeness (QED) is 0.391. The van der Waals surface area contributed by atoms with Crippen molar-refractivity contribution in [1.82, 2.24) is 4.98 Å². The van der Waals surface area contributed by atoms with Gasteiger partial charge < -0.3 is 4.74 Å². The molecule has 148 valence electrons. The Kier molecular flexibility index (Phi) is 6.92. The number of hydrogen-bond donors (Lipinski definition) is 0. The molecule has 3 aromatic rings. The summed E-state index contributed by atoms with van der Waals surface area (Å²) >= 11 is 1.37. The van der Waals surface area contributed by atoms with E-state index in [0.717, 1.165) is 5.56 Å². The summed E-state index contributed by atoms with van der Waals surface area (Å²) in [5.74, 6) is 0.318. The zero-order valence-corrected chi connectivity index (χ0v) is 17.2. The molecule has 0 saturated heterocycles. The van der Waals surface area contributed by atoms with Crippen LogP contribution in [0.4, 0.5) is 5.13 Å². The summed E-state index contributed by atoms with van der Waals surface area (Å²) in [4.78, 5) is 30.4. The van der Waals surface area contributed by atoms with Crippen LogP contribution in [0.2, 0.25) is 0 Å². The predicted molar refractivity (Wildman–Crippen MR) is 116 cm³/mol. The zero-order chi connectivity index (χ0) is 20.6. The number of para-hydroxylation sites is 1. The maximum Gasteiger partial charge on any atom is 0.225 e. The fourth-order valence-electron chi connectivity index (χ4n) is 2.75. The standard InChI is InChI=1S/C23H22N2O3S/c1-3-25(17(2)26)23-24-19(16-29-23)13-14-21(27)20-11-7-8-12-22(20)28-15-18-9-5-4-6-10-18/h4-14,16H,3,15H2,1-2H3/b14-13+. The number of benzene rings is 2. The first-order chi connectivity index (χ1) is 14.1. The van der Waals surface area contributed by atoms with E-state index < -0.39 is 0 Å². The number of ketones is 1. The van der Waals surface area contributed by atoms with E-state index in [0.29, 0.717) is 35.3 Å². The van der Waals surface area contributed by atoms with Gasteiger partial charge >= 0.3 is 0 Å². The summed E-state index contributed by atoms with van der Waals surface area (Å²) in [6.07, 6.45) is 3.14. The Morgan fingerprint density at radius 2 is 1.83 bits per heavy atom. The third-order valence-corrected chi connectivity index (χ3v) is 5.11. The van der Waals surface area contributed by atoms with Gasteiger partial charge in [-0.3, -0.25) is 14.5 Å². The molecule has 1 amide bonds. The van der Waals surface area contributed by atoms with E-state index >= 15 is 0 Å². The molecule has 0 saturated carbocycles. The second-order valence-corrected chi connectivity index (χ2v) is 7.12. The minimum Gasteiger partial charge on any atom is -0.488 e. The molecule has 0 radical (unpaired) electrons. The van der Waals surface area contributed by atoms with E-state index in [-0.39, 0.29) is 11.7 Å². The van der Waals surface area contributed by atoms with E-state index in [1.54, 1.807) is 23.1 Å². The monoisotopic (exact) mass is 406 g/mol. The lowest BCUT2D eigenvalue weighted by molar-refractivity contribution is -0.116. The van der Waals surface area contributed by atoms with Crippen LogP contribution >= 0.6 is 11.3 Å². The lowest BCUT2D eigenvalue weighted by Gasteiger charge is -2.14. The van der Waals surface area contributed by atoms with Crippen LogP contribution < -0.4 is 9.64 Å². The maximum absolute atomic E-state index is 12.7. The zero-order valence-electron chi connectivity index (χ0n) is 16.4. The van der Waals surface area contributed by atoms with E-state index in [4.69, 9.17) is 4.74 Å². The Hall–Kier alpha value is -3.25. The van der Waals surface area contributed by atoms with Gasteiger partial charge in [0, 0.05) is 18.8 Å². The van der Waals surface area contributed by atoms with E-state index in [2.05, 4.69) is 4.98 Å². The van der Waals surface area contributed by atoms with Gasteiger partial charge in [-0.05, 0) is 36.8 Å². The number of ether oxygens (including phenoxy) is 1. The van der Waals surface area contributed by atoms with Crippen molar-refractivity contribution in [1.29, 1.82) is 0 Å². The molecule has 29 heavy (non-hydrogen) atoms. The fourth-order valence-corrected chi connectivity index (χ4v) is 3.65. The molecule has 5 nitrogen and oxygen atoms in total. The molecule has 3 rings (SSSR count). The fraction of sp³-hybridized carbons (Fsp3) is 0.174. The molecule has 1 aromatic heterocycles. The van der Waals surface area contributed by atoms with Gasteiger partial charge in [0.05, 0.1) is 11.3 Å². The number of amides is 1. The van der Waals surface area contributed by atoms with Crippen molar-refractivity contribution in [3.8, 4) is 5.75 Å². The molecular weight excluding hydrogens is 384 g/mol. The van der Waals surface area contributed by atoms with Gasteiger partial charge in [0.1, 0.15) is 12.4 Å². The Labute approximate surface area is 174 Å². The van der Waals surface area contributed by atoms with Gasteiger partial charge in [0.2, 0.25) is 5.91 Å². The van der Waals surface area contributed by atoms with Gasteiger partial charge in [-0.15, -0.1) is 11.3 Å². The minimum absolute atomic E-state index is 0.0575. The second kappa shape index (κ2) is 9.80. The summed E-state index contributed by atoms with van der Waals surface area (Å²) in [6.45, 7) is 4.35. The highest BCUT2D eigenvalue weighted by molar-refractivity contribution is 7.14. The second-order valence-electron chi connectivity index (χ2n) is 6.29. The number of allylic oxidation sites excluding steroid dienone is 1. The highest BCUT2D eigenvalue weighted by Gasteiger charge is 2.13. The Morgan fingerprint density at radius 3 is 2.55 bits per heavy atom. The molecule has 0 aliphatic carbocycles. The molecule has 0 spiro atoms. The average Bonchev–Trinajstić information content (AvgIpc) is 3.20. The number of anilines is 1. The molecule has 1 heterocycles. The van der Waals surface area contributed by atoms with Gasteiger partial charge in [0.25, 0.3) is 0 Å². The smallest absolute Gasteiger partial charge is 0.225 e. The number of aromatic nitrogens is 1. The molecule has 0 aliphatic rings. The van der Waals surface area contributed by atoms with E-state index in [1.165, 1.54) is 24.3 Å². The number of carbonyl (C=O) groups is 2. The highest BCUT2D eigenvalue weighted by atomic mass is 32.1. The number of rotatable bonds is 8. The maximum atomic E-state index is 12.7. The largest absolute Gasteiger partial charge is 0.488 e. The minimum atomic E-state index is -0.165. The third kappa shape index (κ3) is 5.39. The summed E-state index contributed by atoms with van der Waals surface area (Å²) in [6, 6.07) is 17.0. The lowest BCUT2D eigenvalue weighted by atomic mass is 10.1. The van der Waals surface area contributed by atoms with Crippen molar-refractivity contribution in [3.05, 3.63) is 82.9 Å². The van der Waals surface area contributed by atoms with E-state index in [1.807, 2.05) is 54.8 Å². The summed E-state index contributed by atoms with van der Waals surface area (Å²) in [5.41, 5.74) is 2.17. The van der Waals surface area contributed by atoms with Crippen molar-refractivity contribution in [2.45, 2.75) is 20.5 Å². The normalized spacial score (nSPS) is 10.8. The molecule has 6 heteroatoms. The van der Waals surface area contributed by atoms with Crippen molar-refractivity contribution in [2.24, 2.45) is 0 Å². The number of nitrogens with zero attached hydrogens (tertiary/aromatic N) is 2. The average molecular weight is 407 g/mol. The predicted octanol–water partition coefficient (Wildman–Crippen LogP) is 4.99. The highest BCUT2D eigenvalue weighted by Crippen LogP contribution is 2.23. The Balaban J connectivity index is 1.71. The lowest BCUT2D eigenvalue weighted by Crippen LogP contribution is -2.27. The van der Waals surface area contributed by atoms with Gasteiger partial charge in [-0.2, -0.15) is 0 Å². The van der Waals surface area contributed by atoms with Gasteiger partial charge in [0.15, 0.2) is 10.9 Å². The molecular formula is C23H22N2O3S. The Morgan fingerprint density at radius 1 is 1.10 bits per heavy atom. The molecule has 0 aliphatic heterocycles. The van der Waals surface area contributed by atoms with Crippen LogP contribution in [0.3, 0.4) is 0 Å².